The van der Waals surface area contributed by atoms with Crippen LogP contribution in [0.1, 0.15) is 13.8 Å². The summed E-state index contributed by atoms with van der Waals surface area (Å²) in [5.41, 5.74) is 0. The molecule has 0 aromatic rings. The molecule has 0 bridgehead atoms. The number of rotatable bonds is 2. The third-order valence-electron chi connectivity index (χ3n) is 2.59. The van der Waals surface area contributed by atoms with E-state index in [1.165, 1.54) is 0 Å². The SMILES string of the molecule is CC(C)[C@H]1OC(CO)[C@@H](O)C(O)[C@@H]1O. The highest BCUT2D eigenvalue weighted by atomic mass is 16.5. The fourth-order valence-corrected chi connectivity index (χ4v) is 1.68. The smallest absolute Gasteiger partial charge is 0.111 e. The lowest BCUT2D eigenvalue weighted by Crippen LogP contribution is -2.59. The second-order valence-corrected chi connectivity index (χ2v) is 4.04. The van der Waals surface area contributed by atoms with E-state index < -0.39 is 30.5 Å². The van der Waals surface area contributed by atoms with Gasteiger partial charge in [-0.25, -0.2) is 0 Å². The highest BCUT2D eigenvalue weighted by Gasteiger charge is 2.44. The third-order valence-corrected chi connectivity index (χ3v) is 2.59. The molecule has 5 atom stereocenters. The molecule has 1 heterocycles. The summed E-state index contributed by atoms with van der Waals surface area (Å²) in [6.07, 6.45) is -4.96. The Morgan fingerprint density at radius 1 is 1.07 bits per heavy atom. The van der Waals surface area contributed by atoms with Crippen LogP contribution in [0.25, 0.3) is 0 Å². The first-order valence-corrected chi connectivity index (χ1v) is 4.79. The lowest BCUT2D eigenvalue weighted by Gasteiger charge is -2.41. The second-order valence-electron chi connectivity index (χ2n) is 4.04. The molecule has 1 fully saturated rings. The van der Waals surface area contributed by atoms with Crippen LogP contribution in [0.15, 0.2) is 0 Å². The number of aliphatic hydroxyl groups excluding tert-OH is 4. The third kappa shape index (κ3) is 2.07. The maximum atomic E-state index is 9.57. The summed E-state index contributed by atoms with van der Waals surface area (Å²) in [5.74, 6) is 0.0150. The summed E-state index contributed by atoms with van der Waals surface area (Å²) in [4.78, 5) is 0. The van der Waals surface area contributed by atoms with Crippen LogP contribution in [-0.4, -0.2) is 57.6 Å². The van der Waals surface area contributed by atoms with E-state index in [1.807, 2.05) is 13.8 Å². The number of hydrogen-bond acceptors (Lipinski definition) is 5. The largest absolute Gasteiger partial charge is 0.394 e. The predicted molar refractivity (Wildman–Crippen MR) is 48.6 cm³/mol. The zero-order valence-corrected chi connectivity index (χ0v) is 8.37. The van der Waals surface area contributed by atoms with Gasteiger partial charge in [-0.05, 0) is 5.92 Å². The maximum absolute atomic E-state index is 9.57. The normalized spacial score (nSPS) is 44.4. The van der Waals surface area contributed by atoms with Gasteiger partial charge < -0.3 is 25.2 Å². The highest BCUT2D eigenvalue weighted by Crippen LogP contribution is 2.25. The Hall–Kier alpha value is -0.200. The van der Waals surface area contributed by atoms with Crippen molar-refractivity contribution in [3.8, 4) is 0 Å². The molecule has 84 valence electrons. The first-order chi connectivity index (χ1) is 6.49. The Bertz CT molecular complexity index is 182. The van der Waals surface area contributed by atoms with Gasteiger partial charge in [-0.2, -0.15) is 0 Å². The molecule has 5 nitrogen and oxygen atoms in total. The molecule has 0 saturated carbocycles. The monoisotopic (exact) mass is 206 g/mol. The maximum Gasteiger partial charge on any atom is 0.111 e. The molecular formula is C9H18O5. The molecule has 0 aliphatic carbocycles. The molecular weight excluding hydrogens is 188 g/mol. The van der Waals surface area contributed by atoms with Gasteiger partial charge in [-0.3, -0.25) is 0 Å². The quantitative estimate of drug-likeness (QED) is 0.441. The van der Waals surface area contributed by atoms with Crippen molar-refractivity contribution >= 4 is 0 Å². The molecule has 2 unspecified atom stereocenters. The fourth-order valence-electron chi connectivity index (χ4n) is 1.68. The van der Waals surface area contributed by atoms with Crippen LogP contribution < -0.4 is 0 Å². The Kier molecular flexibility index (Phi) is 3.86. The van der Waals surface area contributed by atoms with Gasteiger partial charge in [0.1, 0.15) is 24.4 Å². The van der Waals surface area contributed by atoms with E-state index in [9.17, 15) is 15.3 Å². The molecule has 1 saturated heterocycles. The summed E-state index contributed by atoms with van der Waals surface area (Å²) in [7, 11) is 0. The minimum Gasteiger partial charge on any atom is -0.394 e. The molecule has 14 heavy (non-hydrogen) atoms. The van der Waals surface area contributed by atoms with Crippen molar-refractivity contribution in [1.29, 1.82) is 0 Å². The van der Waals surface area contributed by atoms with Gasteiger partial charge in [0, 0.05) is 0 Å². The molecule has 1 aliphatic heterocycles. The van der Waals surface area contributed by atoms with Crippen molar-refractivity contribution in [2.24, 2.45) is 5.92 Å². The number of aliphatic hydroxyl groups is 4. The van der Waals surface area contributed by atoms with Crippen molar-refractivity contribution in [2.75, 3.05) is 6.61 Å². The van der Waals surface area contributed by atoms with E-state index >= 15 is 0 Å². The molecule has 0 aromatic heterocycles. The van der Waals surface area contributed by atoms with E-state index in [2.05, 4.69) is 0 Å². The predicted octanol–water partition coefficient (Wildman–Crippen LogP) is -1.52. The summed E-state index contributed by atoms with van der Waals surface area (Å²) in [5, 5.41) is 37.4. The Labute approximate surface area is 82.9 Å². The minimum absolute atomic E-state index is 0.0150. The topological polar surface area (TPSA) is 90.2 Å². The van der Waals surface area contributed by atoms with Crippen molar-refractivity contribution < 1.29 is 25.2 Å². The van der Waals surface area contributed by atoms with Crippen LogP contribution in [0.4, 0.5) is 0 Å². The van der Waals surface area contributed by atoms with E-state index in [-0.39, 0.29) is 12.5 Å². The summed E-state index contributed by atoms with van der Waals surface area (Å²) in [6.45, 7) is 3.31. The van der Waals surface area contributed by atoms with E-state index in [0.29, 0.717) is 0 Å². The molecule has 5 heteroatoms. The van der Waals surface area contributed by atoms with Crippen LogP contribution in [-0.2, 0) is 4.74 Å². The van der Waals surface area contributed by atoms with E-state index in [0.717, 1.165) is 0 Å². The van der Waals surface area contributed by atoms with Gasteiger partial charge in [0.25, 0.3) is 0 Å². The van der Waals surface area contributed by atoms with Gasteiger partial charge in [-0.1, -0.05) is 13.8 Å². The average molecular weight is 206 g/mol. The zero-order chi connectivity index (χ0) is 10.9. The van der Waals surface area contributed by atoms with Crippen LogP contribution >= 0.6 is 0 Å². The van der Waals surface area contributed by atoms with Crippen molar-refractivity contribution in [3.63, 3.8) is 0 Å². The molecule has 0 radical (unpaired) electrons. The Morgan fingerprint density at radius 3 is 2.07 bits per heavy atom. The summed E-state index contributed by atoms with van der Waals surface area (Å²) >= 11 is 0. The van der Waals surface area contributed by atoms with Gasteiger partial charge >= 0.3 is 0 Å². The molecule has 0 amide bonds. The van der Waals surface area contributed by atoms with E-state index in [1.54, 1.807) is 0 Å². The van der Waals surface area contributed by atoms with Crippen molar-refractivity contribution in [2.45, 2.75) is 44.4 Å². The molecule has 0 aromatic carbocycles. The molecule has 0 spiro atoms. The fraction of sp³-hybridized carbons (Fsp3) is 1.00. The Balaban J connectivity index is 2.73. The van der Waals surface area contributed by atoms with Crippen molar-refractivity contribution in [3.05, 3.63) is 0 Å². The number of hydrogen-bond donors (Lipinski definition) is 4. The lowest BCUT2D eigenvalue weighted by molar-refractivity contribution is -0.238. The van der Waals surface area contributed by atoms with Gasteiger partial charge in [0.15, 0.2) is 0 Å². The summed E-state index contributed by atoms with van der Waals surface area (Å²) < 4.78 is 5.28. The summed E-state index contributed by atoms with van der Waals surface area (Å²) in [6, 6.07) is 0. The highest BCUT2D eigenvalue weighted by molar-refractivity contribution is 4.92. The van der Waals surface area contributed by atoms with Gasteiger partial charge in [0.2, 0.25) is 0 Å². The second kappa shape index (κ2) is 4.55. The van der Waals surface area contributed by atoms with Crippen LogP contribution in [0, 0.1) is 5.92 Å². The lowest BCUT2D eigenvalue weighted by atomic mass is 9.90. The first kappa shape index (κ1) is 11.9. The zero-order valence-electron chi connectivity index (χ0n) is 8.37. The van der Waals surface area contributed by atoms with Crippen LogP contribution in [0.5, 0.6) is 0 Å². The first-order valence-electron chi connectivity index (χ1n) is 4.79. The average Bonchev–Trinajstić information content (AvgIpc) is 2.14. The Morgan fingerprint density at radius 2 is 1.64 bits per heavy atom. The molecule has 4 N–H and O–H groups in total. The van der Waals surface area contributed by atoms with Gasteiger partial charge in [-0.15, -0.1) is 0 Å². The molecule has 1 rings (SSSR count). The van der Waals surface area contributed by atoms with Gasteiger partial charge in [0.05, 0.1) is 12.7 Å². The minimum atomic E-state index is -1.26. The van der Waals surface area contributed by atoms with Crippen molar-refractivity contribution in [1.82, 2.24) is 0 Å². The number of ether oxygens (including phenoxy) is 1. The van der Waals surface area contributed by atoms with Crippen LogP contribution in [0.2, 0.25) is 0 Å². The van der Waals surface area contributed by atoms with E-state index in [4.69, 9.17) is 9.84 Å². The standard InChI is InChI=1S/C9H18O5/c1-4(2)9-8(13)7(12)6(11)5(3-10)14-9/h4-13H,3H2,1-2H3/t5?,6-,7?,8+,9-/m1/s1. The molecule has 1 aliphatic rings. The van der Waals surface area contributed by atoms with Crippen LogP contribution in [0.3, 0.4) is 0 Å².